The van der Waals surface area contributed by atoms with Gasteiger partial charge in [0.15, 0.2) is 0 Å². The van der Waals surface area contributed by atoms with E-state index < -0.39 is 79.3 Å². The van der Waals surface area contributed by atoms with Crippen molar-refractivity contribution in [1.82, 2.24) is 0 Å². The second-order valence-corrected chi connectivity index (χ2v) is 17.6. The quantitative estimate of drug-likeness (QED) is 0.0797. The molecule has 21 heteroatoms. The number of amides is 2. The van der Waals surface area contributed by atoms with Gasteiger partial charge in [0, 0.05) is 45.4 Å². The number of urea groups is 1. The van der Waals surface area contributed by atoms with Crippen LogP contribution in [0.3, 0.4) is 0 Å². The zero-order valence-corrected chi connectivity index (χ0v) is 31.5. The minimum atomic E-state index is -4.78. The molecule has 0 aliphatic carbocycles. The Morgan fingerprint density at radius 2 is 0.857 bits per heavy atom. The van der Waals surface area contributed by atoms with Crippen molar-refractivity contribution in [1.29, 1.82) is 0 Å². The van der Waals surface area contributed by atoms with E-state index in [4.69, 9.17) is 9.47 Å². The topological polar surface area (TPSA) is 277 Å². The number of rotatable bonds is 12. The first kappa shape index (κ1) is 40.0. The van der Waals surface area contributed by atoms with Gasteiger partial charge >= 0.3 is 6.03 Å². The number of nitrogens with one attached hydrogen (secondary N) is 2. The summed E-state index contributed by atoms with van der Waals surface area (Å²) in [6.45, 7) is -0.842. The minimum absolute atomic E-state index is 0.0588. The molecular formula is C35H28N2O15S4. The lowest BCUT2D eigenvalue weighted by Gasteiger charge is -2.15. The molecule has 56 heavy (non-hydrogen) atoms. The van der Waals surface area contributed by atoms with Crippen LogP contribution in [0.15, 0.2) is 129 Å². The molecule has 0 saturated heterocycles. The van der Waals surface area contributed by atoms with Gasteiger partial charge in [-0.25, -0.2) is 4.79 Å². The summed E-state index contributed by atoms with van der Waals surface area (Å²) < 4.78 is 146. The molecule has 0 atom stereocenters. The largest absolute Gasteiger partial charge is 0.488 e. The fourth-order valence-corrected chi connectivity index (χ4v) is 8.14. The number of fused-ring (bicyclic) bond motifs is 2. The summed E-state index contributed by atoms with van der Waals surface area (Å²) in [6, 6.07) is 22.9. The van der Waals surface area contributed by atoms with E-state index in [1.165, 1.54) is 72.8 Å². The van der Waals surface area contributed by atoms with Crippen molar-refractivity contribution in [3.8, 4) is 11.5 Å². The van der Waals surface area contributed by atoms with E-state index in [1.807, 2.05) is 0 Å². The predicted molar refractivity (Wildman–Crippen MR) is 201 cm³/mol. The van der Waals surface area contributed by atoms with Crippen LogP contribution in [0.1, 0.15) is 11.1 Å². The summed E-state index contributed by atoms with van der Waals surface area (Å²) in [6.07, 6.45) is 0. The van der Waals surface area contributed by atoms with Crippen molar-refractivity contribution in [3.05, 3.63) is 120 Å². The Morgan fingerprint density at radius 1 is 0.482 bits per heavy atom. The number of benzene rings is 6. The third-order valence-electron chi connectivity index (χ3n) is 8.16. The van der Waals surface area contributed by atoms with Crippen molar-refractivity contribution in [2.45, 2.75) is 32.8 Å². The molecule has 6 rings (SSSR count). The zero-order valence-electron chi connectivity index (χ0n) is 28.2. The van der Waals surface area contributed by atoms with Gasteiger partial charge in [-0.1, -0.05) is 36.4 Å². The molecule has 0 aromatic heterocycles. The maximum Gasteiger partial charge on any atom is 0.323 e. The molecule has 0 bridgehead atoms. The first-order chi connectivity index (χ1) is 26.2. The van der Waals surface area contributed by atoms with Gasteiger partial charge in [0.05, 0.1) is 9.79 Å². The van der Waals surface area contributed by atoms with Crippen molar-refractivity contribution in [2.75, 3.05) is 10.6 Å². The molecule has 6 N–H and O–H groups in total. The fraction of sp³-hybridized carbons (Fsp3) is 0.0571. The standard InChI is InChI=1S/C35H28N2O15S4/c38-35(36-25-9-11-29-23(13-25)15-27(53(39,40)41)17-31(29)51-19-21-5-1-3-7-33(21)55(45,46)47)37-26-10-12-30-24(14-26)16-28(54(42,43)44)18-32(30)52-20-22-6-2-4-8-34(22)56(48,49)50/h1-18H,19-20H2,(H2,36,37,38)(H,39,40,41)(H,42,43,44)(H,45,46,47)(H,48,49,50). The Labute approximate surface area is 319 Å². The maximum atomic E-state index is 13.1. The first-order valence-electron chi connectivity index (χ1n) is 15.7. The summed E-state index contributed by atoms with van der Waals surface area (Å²) in [5, 5.41) is 6.08. The molecule has 0 fully saturated rings. The van der Waals surface area contributed by atoms with Crippen molar-refractivity contribution in [2.24, 2.45) is 0 Å². The van der Waals surface area contributed by atoms with E-state index in [0.29, 0.717) is 10.8 Å². The van der Waals surface area contributed by atoms with Crippen LogP contribution < -0.4 is 20.1 Å². The monoisotopic (exact) mass is 844 g/mol. The van der Waals surface area contributed by atoms with Gasteiger partial charge in [-0.3, -0.25) is 18.2 Å². The highest BCUT2D eigenvalue weighted by atomic mass is 32.2. The lowest BCUT2D eigenvalue weighted by atomic mass is 10.1. The van der Waals surface area contributed by atoms with Gasteiger partial charge in [0.2, 0.25) is 0 Å². The molecule has 0 aliphatic heterocycles. The van der Waals surface area contributed by atoms with Crippen LogP contribution >= 0.6 is 0 Å². The molecule has 0 saturated carbocycles. The fourth-order valence-electron chi connectivity index (χ4n) is 5.66. The van der Waals surface area contributed by atoms with Gasteiger partial charge in [-0.15, -0.1) is 0 Å². The normalized spacial score (nSPS) is 12.4. The van der Waals surface area contributed by atoms with Crippen LogP contribution in [-0.4, -0.2) is 57.9 Å². The van der Waals surface area contributed by atoms with E-state index in [1.54, 1.807) is 0 Å². The summed E-state index contributed by atoms with van der Waals surface area (Å²) in [5.41, 5.74) is 0.396. The molecule has 0 heterocycles. The van der Waals surface area contributed by atoms with E-state index in [9.17, 15) is 56.7 Å². The second kappa shape index (κ2) is 15.1. The maximum absolute atomic E-state index is 13.1. The molecule has 17 nitrogen and oxygen atoms in total. The average molecular weight is 845 g/mol. The summed E-state index contributed by atoms with van der Waals surface area (Å²) in [4.78, 5) is 11.1. The van der Waals surface area contributed by atoms with Crippen molar-refractivity contribution >= 4 is 79.4 Å². The Morgan fingerprint density at radius 3 is 1.21 bits per heavy atom. The molecule has 6 aromatic carbocycles. The van der Waals surface area contributed by atoms with Gasteiger partial charge in [0.1, 0.15) is 34.5 Å². The average Bonchev–Trinajstić information content (AvgIpc) is 3.11. The number of carbonyl (C=O) groups is 1. The molecule has 0 radical (unpaired) electrons. The highest BCUT2D eigenvalue weighted by Gasteiger charge is 2.20. The second-order valence-electron chi connectivity index (χ2n) is 12.0. The number of anilines is 2. The summed E-state index contributed by atoms with van der Waals surface area (Å²) in [5.74, 6) is -0.162. The molecule has 0 aliphatic rings. The Kier molecular flexibility index (Phi) is 10.8. The molecule has 2 amide bonds. The summed E-state index contributed by atoms with van der Waals surface area (Å²) >= 11 is 0. The Hall–Kier alpha value is -5.65. The van der Waals surface area contributed by atoms with Gasteiger partial charge in [-0.05, 0) is 71.4 Å². The number of carbonyl (C=O) groups excluding carboxylic acids is 1. The van der Waals surface area contributed by atoms with Gasteiger partial charge in [0.25, 0.3) is 40.5 Å². The molecular weight excluding hydrogens is 817 g/mol. The molecule has 292 valence electrons. The lowest BCUT2D eigenvalue weighted by Crippen LogP contribution is -2.19. The highest BCUT2D eigenvalue weighted by molar-refractivity contribution is 7.86. The third-order valence-corrected chi connectivity index (χ3v) is 11.7. The SMILES string of the molecule is O=C(Nc1ccc2c(OCc3ccccc3S(=O)(=O)O)cc(S(=O)(=O)O)cc2c1)Nc1ccc2c(OCc3ccccc3S(=O)(=O)O)cc(S(=O)(=O)O)cc2c1. The van der Waals surface area contributed by atoms with Crippen LogP contribution in [0.5, 0.6) is 11.5 Å². The Balaban J connectivity index is 1.26. The van der Waals surface area contributed by atoms with Crippen molar-refractivity contribution < 1.29 is 66.2 Å². The van der Waals surface area contributed by atoms with Crippen LogP contribution in [0.2, 0.25) is 0 Å². The van der Waals surface area contributed by atoms with Gasteiger partial charge in [-0.2, -0.15) is 33.7 Å². The summed E-state index contributed by atoms with van der Waals surface area (Å²) in [7, 11) is -18.8. The predicted octanol–water partition coefficient (Wildman–Crippen LogP) is 5.78. The van der Waals surface area contributed by atoms with Crippen molar-refractivity contribution in [3.63, 3.8) is 0 Å². The highest BCUT2D eigenvalue weighted by Crippen LogP contribution is 2.35. The van der Waals surface area contributed by atoms with Crippen LogP contribution in [0, 0.1) is 0 Å². The van der Waals surface area contributed by atoms with Crippen LogP contribution in [0.4, 0.5) is 16.2 Å². The smallest absolute Gasteiger partial charge is 0.323 e. The number of hydrogen-bond donors (Lipinski definition) is 6. The van der Waals surface area contributed by atoms with Crippen LogP contribution in [0.25, 0.3) is 21.5 Å². The molecule has 6 aromatic rings. The molecule has 0 unspecified atom stereocenters. The number of ether oxygens (including phenoxy) is 2. The third kappa shape index (κ3) is 9.23. The first-order valence-corrected chi connectivity index (χ1v) is 21.5. The van der Waals surface area contributed by atoms with E-state index in [-0.39, 0.29) is 44.8 Å². The van der Waals surface area contributed by atoms with Crippen LogP contribution in [-0.2, 0) is 53.7 Å². The van der Waals surface area contributed by atoms with E-state index in [0.717, 1.165) is 36.4 Å². The van der Waals surface area contributed by atoms with Gasteiger partial charge < -0.3 is 20.1 Å². The zero-order chi connectivity index (χ0) is 40.6. The molecule has 0 spiro atoms. The Bertz CT molecular complexity index is 2810. The minimum Gasteiger partial charge on any atom is -0.488 e. The van der Waals surface area contributed by atoms with E-state index in [2.05, 4.69) is 10.6 Å². The number of hydrogen-bond acceptors (Lipinski definition) is 11. The lowest BCUT2D eigenvalue weighted by molar-refractivity contribution is 0.262. The van der Waals surface area contributed by atoms with E-state index >= 15 is 0 Å².